The first-order valence-corrected chi connectivity index (χ1v) is 13.3. The molecule has 7 aromatic rings. The maximum Gasteiger partial charge on any atom is 0.201 e. The van der Waals surface area contributed by atoms with Gasteiger partial charge in [-0.3, -0.25) is 0 Å². The van der Waals surface area contributed by atoms with Gasteiger partial charge in [0.25, 0.3) is 0 Å². The molecule has 0 bridgehead atoms. The average Bonchev–Trinajstić information content (AvgIpc) is 3.02. The molecule has 0 aliphatic rings. The molecule has 0 aliphatic carbocycles. The summed E-state index contributed by atoms with van der Waals surface area (Å²) >= 11 is 0. The third-order valence-corrected chi connectivity index (χ3v) is 7.36. The van der Waals surface area contributed by atoms with Gasteiger partial charge in [0.15, 0.2) is 17.5 Å². The highest BCUT2D eigenvalue weighted by atomic mass is 15.1. The van der Waals surface area contributed by atoms with Gasteiger partial charge >= 0.3 is 0 Å². The highest BCUT2D eigenvalue weighted by molar-refractivity contribution is 5.99. The Labute approximate surface area is 232 Å². The molecule has 0 aliphatic heterocycles. The molecule has 190 valence electrons. The van der Waals surface area contributed by atoms with Crippen LogP contribution in [0.5, 0.6) is 0 Å². The first-order chi connectivity index (χ1) is 19.7. The van der Waals surface area contributed by atoms with E-state index in [1.807, 2.05) is 54.9 Å². The molecule has 5 nitrogen and oxygen atoms in total. The van der Waals surface area contributed by atoms with Crippen molar-refractivity contribution in [3.63, 3.8) is 0 Å². The minimum absolute atomic E-state index is 0.439. The lowest BCUT2D eigenvalue weighted by Gasteiger charge is -2.12. The van der Waals surface area contributed by atoms with Crippen LogP contribution in [0.3, 0.4) is 0 Å². The molecule has 0 amide bonds. The average molecular weight is 516 g/mol. The minimum Gasteiger partial charge on any atom is -0.233 e. The fourth-order valence-electron chi connectivity index (χ4n) is 5.23. The Morgan fingerprint density at radius 3 is 1.35 bits per heavy atom. The van der Waals surface area contributed by atoms with Crippen molar-refractivity contribution in [1.29, 1.82) is 0 Å². The van der Waals surface area contributed by atoms with E-state index in [9.17, 15) is 0 Å². The number of aryl methyl sites for hydroxylation is 2. The van der Waals surface area contributed by atoms with Crippen LogP contribution in [-0.4, -0.2) is 24.9 Å². The van der Waals surface area contributed by atoms with Gasteiger partial charge in [-0.25, -0.2) is 24.9 Å². The summed E-state index contributed by atoms with van der Waals surface area (Å²) in [4.78, 5) is 24.3. The van der Waals surface area contributed by atoms with Crippen LogP contribution < -0.4 is 0 Å². The second-order valence-electron chi connectivity index (χ2n) is 9.92. The molecule has 0 unspecified atom stereocenters. The van der Waals surface area contributed by atoms with Crippen LogP contribution in [0.15, 0.2) is 116 Å². The third-order valence-electron chi connectivity index (χ3n) is 7.36. The largest absolute Gasteiger partial charge is 0.233 e. The summed E-state index contributed by atoms with van der Waals surface area (Å²) in [5, 5.41) is 4.54. The Morgan fingerprint density at radius 2 is 0.825 bits per heavy atom. The zero-order chi connectivity index (χ0) is 27.1. The zero-order valence-electron chi connectivity index (χ0n) is 22.2. The molecule has 40 heavy (non-hydrogen) atoms. The number of fused-ring (bicyclic) bond motifs is 2. The molecule has 0 N–H and O–H groups in total. The minimum atomic E-state index is 0.439. The van der Waals surface area contributed by atoms with Gasteiger partial charge in [-0.15, -0.1) is 0 Å². The van der Waals surface area contributed by atoms with Crippen LogP contribution in [-0.2, 0) is 0 Å². The Balaban J connectivity index is 1.46. The van der Waals surface area contributed by atoms with Crippen LogP contribution in [0.2, 0.25) is 0 Å². The van der Waals surface area contributed by atoms with Crippen molar-refractivity contribution in [2.45, 2.75) is 13.8 Å². The smallest absolute Gasteiger partial charge is 0.201 e. The van der Waals surface area contributed by atoms with E-state index in [-0.39, 0.29) is 0 Å². The third kappa shape index (κ3) is 4.18. The van der Waals surface area contributed by atoms with E-state index in [0.717, 1.165) is 33.0 Å². The summed E-state index contributed by atoms with van der Waals surface area (Å²) in [5.41, 5.74) is 6.31. The van der Waals surface area contributed by atoms with Crippen molar-refractivity contribution in [1.82, 2.24) is 24.9 Å². The zero-order valence-corrected chi connectivity index (χ0v) is 22.2. The van der Waals surface area contributed by atoms with Gasteiger partial charge in [-0.05, 0) is 52.1 Å². The van der Waals surface area contributed by atoms with Gasteiger partial charge in [0, 0.05) is 29.1 Å². The molecule has 5 aromatic carbocycles. The molecule has 5 heteroatoms. The monoisotopic (exact) mass is 515 g/mol. The molecule has 7 rings (SSSR count). The quantitative estimate of drug-likeness (QED) is 0.236. The maximum absolute atomic E-state index is 5.05. The summed E-state index contributed by atoms with van der Waals surface area (Å²) in [5.74, 6) is 2.08. The predicted octanol–water partition coefficient (Wildman–Crippen LogP) is 8.25. The molecule has 2 aromatic heterocycles. The normalized spacial score (nSPS) is 11.2. The molecular formula is C35H25N5. The van der Waals surface area contributed by atoms with Gasteiger partial charge in [0.05, 0.1) is 0 Å². The first-order valence-electron chi connectivity index (χ1n) is 13.3. The molecule has 0 radical (unpaired) electrons. The Bertz CT molecular complexity index is 1910. The van der Waals surface area contributed by atoms with Crippen molar-refractivity contribution in [3.05, 3.63) is 127 Å². The summed E-state index contributed by atoms with van der Waals surface area (Å²) in [6.07, 6.45) is 3.65. The van der Waals surface area contributed by atoms with E-state index >= 15 is 0 Å². The topological polar surface area (TPSA) is 64.5 Å². The number of hydrogen-bond acceptors (Lipinski definition) is 5. The van der Waals surface area contributed by atoms with Crippen LogP contribution in [0.1, 0.15) is 11.1 Å². The molecule has 0 fully saturated rings. The fourth-order valence-corrected chi connectivity index (χ4v) is 5.23. The van der Waals surface area contributed by atoms with Crippen molar-refractivity contribution >= 4 is 21.5 Å². The van der Waals surface area contributed by atoms with Crippen molar-refractivity contribution in [3.8, 4) is 45.6 Å². The Morgan fingerprint density at radius 1 is 0.375 bits per heavy atom. The highest BCUT2D eigenvalue weighted by Gasteiger charge is 2.18. The van der Waals surface area contributed by atoms with Gasteiger partial charge in [0.2, 0.25) is 5.82 Å². The Kier molecular flexibility index (Phi) is 5.82. The molecule has 0 saturated heterocycles. The molecule has 0 spiro atoms. The number of rotatable bonds is 4. The fraction of sp³-hybridized carbons (Fsp3) is 0.0571. The van der Waals surface area contributed by atoms with E-state index in [0.29, 0.717) is 23.3 Å². The lowest BCUT2D eigenvalue weighted by molar-refractivity contribution is 1.03. The summed E-state index contributed by atoms with van der Waals surface area (Å²) in [6.45, 7) is 4.24. The van der Waals surface area contributed by atoms with Gasteiger partial charge in [0.1, 0.15) is 0 Å². The van der Waals surface area contributed by atoms with E-state index in [1.165, 1.54) is 21.9 Å². The second-order valence-corrected chi connectivity index (χ2v) is 9.92. The summed E-state index contributed by atoms with van der Waals surface area (Å²) in [6, 6.07) is 35.2. The number of benzene rings is 5. The lowest BCUT2D eigenvalue weighted by atomic mass is 9.99. The summed E-state index contributed by atoms with van der Waals surface area (Å²) < 4.78 is 0. The van der Waals surface area contributed by atoms with E-state index < -0.39 is 0 Å². The molecule has 2 heterocycles. The standard InChI is InChI=1S/C35H25N5/c1-22-16-18-30(28-14-8-6-12-26(22)28)32-38-33(31-19-17-23(2)27-13-7-9-15-29(27)31)40-35(39-32)34-36-20-25(21-37-34)24-10-4-3-5-11-24/h3-21H,1-2H3. The van der Waals surface area contributed by atoms with Gasteiger partial charge in [-0.1, -0.05) is 103 Å². The predicted molar refractivity (Wildman–Crippen MR) is 162 cm³/mol. The maximum atomic E-state index is 5.05. The second kappa shape index (κ2) is 9.79. The van der Waals surface area contributed by atoms with Crippen LogP contribution >= 0.6 is 0 Å². The molecular weight excluding hydrogens is 490 g/mol. The van der Waals surface area contributed by atoms with E-state index in [2.05, 4.69) is 84.5 Å². The SMILES string of the molecule is Cc1ccc(-c2nc(-c3ncc(-c4ccccc4)cn3)nc(-c3ccc(C)c4ccccc34)n2)c2ccccc12. The van der Waals surface area contributed by atoms with Gasteiger partial charge < -0.3 is 0 Å². The highest BCUT2D eigenvalue weighted by Crippen LogP contribution is 2.33. The van der Waals surface area contributed by atoms with E-state index in [4.69, 9.17) is 15.0 Å². The van der Waals surface area contributed by atoms with Gasteiger partial charge in [-0.2, -0.15) is 0 Å². The lowest BCUT2D eigenvalue weighted by Crippen LogP contribution is -2.03. The number of nitrogens with zero attached hydrogens (tertiary/aromatic N) is 5. The van der Waals surface area contributed by atoms with Crippen LogP contribution in [0.4, 0.5) is 0 Å². The van der Waals surface area contributed by atoms with Crippen LogP contribution in [0, 0.1) is 13.8 Å². The Hall–Kier alpha value is -5.29. The molecule has 0 saturated carbocycles. The van der Waals surface area contributed by atoms with Crippen molar-refractivity contribution in [2.75, 3.05) is 0 Å². The van der Waals surface area contributed by atoms with Crippen molar-refractivity contribution in [2.24, 2.45) is 0 Å². The van der Waals surface area contributed by atoms with E-state index in [1.54, 1.807) is 0 Å². The van der Waals surface area contributed by atoms with Crippen LogP contribution in [0.25, 0.3) is 67.1 Å². The number of aromatic nitrogens is 5. The van der Waals surface area contributed by atoms with Crippen molar-refractivity contribution < 1.29 is 0 Å². The molecule has 0 atom stereocenters. The number of hydrogen-bond donors (Lipinski definition) is 0. The first kappa shape index (κ1) is 23.8. The summed E-state index contributed by atoms with van der Waals surface area (Å²) in [7, 11) is 0.